The lowest BCUT2D eigenvalue weighted by molar-refractivity contribution is 0.530. The van der Waals surface area contributed by atoms with E-state index < -0.39 is 31.0 Å². The first-order chi connectivity index (χ1) is 10.9. The zero-order valence-electron chi connectivity index (χ0n) is 12.2. The first-order valence-electron chi connectivity index (χ1n) is 7.12. The lowest BCUT2D eigenvalue weighted by Gasteiger charge is -2.19. The number of hydrogen-bond donors (Lipinski definition) is 1. The number of rotatable bonds is 6. The van der Waals surface area contributed by atoms with Crippen LogP contribution in [0.25, 0.3) is 0 Å². The second-order valence-electron chi connectivity index (χ2n) is 5.48. The van der Waals surface area contributed by atoms with E-state index in [4.69, 9.17) is 0 Å². The quantitative estimate of drug-likeness (QED) is 0.809. The van der Waals surface area contributed by atoms with Crippen molar-refractivity contribution in [3.63, 3.8) is 0 Å². The molecule has 0 bridgehead atoms. The van der Waals surface area contributed by atoms with Crippen LogP contribution < -0.4 is 5.32 Å². The fourth-order valence-corrected chi connectivity index (χ4v) is 9.37. The molecule has 0 aromatic carbocycles. The summed E-state index contributed by atoms with van der Waals surface area (Å²) < 4.78 is 49.5. The van der Waals surface area contributed by atoms with Gasteiger partial charge in [-0.3, -0.25) is 0 Å². The number of thiophene rings is 2. The Kier molecular flexibility index (Phi) is 4.93. The Morgan fingerprint density at radius 3 is 2.52 bits per heavy atom. The van der Waals surface area contributed by atoms with Crippen LogP contribution in [0.4, 0.5) is 0 Å². The van der Waals surface area contributed by atoms with Gasteiger partial charge in [-0.2, -0.15) is 0 Å². The molecular formula is C14H17NO4S4. The van der Waals surface area contributed by atoms with Crippen molar-refractivity contribution in [2.24, 2.45) is 0 Å². The summed E-state index contributed by atoms with van der Waals surface area (Å²) in [6.45, 7) is 0.567. The van der Waals surface area contributed by atoms with Gasteiger partial charge in [-0.1, -0.05) is 12.1 Å². The molecule has 1 saturated heterocycles. The Labute approximate surface area is 144 Å². The lowest BCUT2D eigenvalue weighted by Crippen LogP contribution is -2.43. The van der Waals surface area contributed by atoms with E-state index in [1.165, 1.54) is 10.9 Å². The summed E-state index contributed by atoms with van der Waals surface area (Å²) in [6, 6.07) is 6.63. The van der Waals surface area contributed by atoms with Gasteiger partial charge in [-0.05, 0) is 29.3 Å². The Balaban J connectivity index is 1.74. The van der Waals surface area contributed by atoms with E-state index in [0.29, 0.717) is 6.54 Å². The molecule has 0 unspecified atom stereocenters. The average Bonchev–Trinajstić information content (AvgIpc) is 3.19. The number of hydrogen-bond acceptors (Lipinski definition) is 7. The summed E-state index contributed by atoms with van der Waals surface area (Å²) in [6.07, 6.45) is 0.764. The predicted molar refractivity (Wildman–Crippen MR) is 93.8 cm³/mol. The van der Waals surface area contributed by atoms with Gasteiger partial charge in [0.05, 0.1) is 16.8 Å². The summed E-state index contributed by atoms with van der Waals surface area (Å²) in [5.41, 5.74) is 0. The molecule has 0 aliphatic carbocycles. The SMILES string of the molecule is O=S1(=O)C[C@H](NCCc2cccs2)[C@@H](S(=O)(=O)c2cccs2)C1. The third kappa shape index (κ3) is 3.85. The Hall–Kier alpha value is -0.740. The predicted octanol–water partition coefficient (Wildman–Crippen LogP) is 1.58. The van der Waals surface area contributed by atoms with Crippen LogP contribution in [0, 0.1) is 0 Å². The van der Waals surface area contributed by atoms with Crippen LogP contribution >= 0.6 is 22.7 Å². The lowest BCUT2D eigenvalue weighted by atomic mass is 10.2. The molecule has 126 valence electrons. The van der Waals surface area contributed by atoms with Crippen LogP contribution in [-0.2, 0) is 26.1 Å². The molecule has 23 heavy (non-hydrogen) atoms. The van der Waals surface area contributed by atoms with Gasteiger partial charge in [0, 0.05) is 17.5 Å². The molecule has 0 radical (unpaired) electrons. The third-order valence-electron chi connectivity index (χ3n) is 3.83. The molecule has 3 heterocycles. The Morgan fingerprint density at radius 1 is 1.13 bits per heavy atom. The summed E-state index contributed by atoms with van der Waals surface area (Å²) in [5.74, 6) is -0.420. The van der Waals surface area contributed by atoms with Gasteiger partial charge in [0.15, 0.2) is 19.7 Å². The highest BCUT2D eigenvalue weighted by molar-refractivity contribution is 7.97. The minimum atomic E-state index is -3.62. The van der Waals surface area contributed by atoms with Gasteiger partial charge in [0.2, 0.25) is 0 Å². The highest BCUT2D eigenvalue weighted by atomic mass is 32.2. The monoisotopic (exact) mass is 391 g/mol. The maximum Gasteiger partial charge on any atom is 0.193 e. The molecule has 2 aromatic heterocycles. The first kappa shape index (κ1) is 17.1. The van der Waals surface area contributed by atoms with Crippen molar-refractivity contribution in [1.29, 1.82) is 0 Å². The van der Waals surface area contributed by atoms with E-state index in [9.17, 15) is 16.8 Å². The Bertz CT molecular complexity index is 839. The van der Waals surface area contributed by atoms with E-state index >= 15 is 0 Å². The minimum absolute atomic E-state index is 0.118. The fraction of sp³-hybridized carbons (Fsp3) is 0.429. The van der Waals surface area contributed by atoms with E-state index in [1.54, 1.807) is 22.8 Å². The summed E-state index contributed by atoms with van der Waals surface area (Å²) >= 11 is 2.77. The molecule has 2 atom stereocenters. The smallest absolute Gasteiger partial charge is 0.193 e. The van der Waals surface area contributed by atoms with E-state index in [0.717, 1.165) is 17.8 Å². The zero-order valence-corrected chi connectivity index (χ0v) is 15.5. The normalized spacial score (nSPS) is 24.0. The van der Waals surface area contributed by atoms with E-state index in [2.05, 4.69) is 5.32 Å². The highest BCUT2D eigenvalue weighted by Gasteiger charge is 2.45. The minimum Gasteiger partial charge on any atom is -0.311 e. The molecule has 0 saturated carbocycles. The molecule has 1 aliphatic heterocycles. The zero-order chi connectivity index (χ0) is 16.5. The molecule has 0 spiro atoms. The van der Waals surface area contributed by atoms with Crippen LogP contribution in [0.15, 0.2) is 39.2 Å². The van der Waals surface area contributed by atoms with Crippen LogP contribution in [0.3, 0.4) is 0 Å². The van der Waals surface area contributed by atoms with Crippen LogP contribution in [-0.4, -0.2) is 46.2 Å². The van der Waals surface area contributed by atoms with Crippen molar-refractivity contribution in [1.82, 2.24) is 5.32 Å². The molecule has 5 nitrogen and oxygen atoms in total. The summed E-state index contributed by atoms with van der Waals surface area (Å²) in [4.78, 5) is 1.19. The summed E-state index contributed by atoms with van der Waals surface area (Å²) in [5, 5.41) is 5.91. The standard InChI is InChI=1S/C14H17NO4S4/c16-22(17)9-12(15-6-5-11-3-1-7-20-11)13(10-22)23(18,19)14-4-2-8-21-14/h1-4,7-8,12-13,15H,5-6,9-10H2/t12-,13-/m0/s1. The van der Waals surface area contributed by atoms with Crippen molar-refractivity contribution in [2.45, 2.75) is 21.9 Å². The number of sulfone groups is 2. The Morgan fingerprint density at radius 2 is 1.87 bits per heavy atom. The molecule has 2 aromatic rings. The maximum absolute atomic E-state index is 12.7. The van der Waals surface area contributed by atoms with Crippen molar-refractivity contribution in [3.8, 4) is 0 Å². The average molecular weight is 392 g/mol. The summed E-state index contributed by atoms with van der Waals surface area (Å²) in [7, 11) is -6.96. The molecule has 1 fully saturated rings. The van der Waals surface area contributed by atoms with Crippen molar-refractivity contribution < 1.29 is 16.8 Å². The molecule has 9 heteroatoms. The molecule has 1 N–H and O–H groups in total. The first-order valence-corrected chi connectivity index (χ1v) is 12.2. The van der Waals surface area contributed by atoms with Gasteiger partial charge in [-0.25, -0.2) is 16.8 Å². The van der Waals surface area contributed by atoms with Crippen molar-refractivity contribution >= 4 is 42.3 Å². The maximum atomic E-state index is 12.7. The highest BCUT2D eigenvalue weighted by Crippen LogP contribution is 2.28. The van der Waals surface area contributed by atoms with Crippen LogP contribution in [0.2, 0.25) is 0 Å². The topological polar surface area (TPSA) is 80.3 Å². The van der Waals surface area contributed by atoms with Crippen molar-refractivity contribution in [3.05, 3.63) is 39.9 Å². The van der Waals surface area contributed by atoms with Gasteiger partial charge in [0.25, 0.3) is 0 Å². The second-order valence-corrected chi connectivity index (χ2v) is 12.0. The number of nitrogens with one attached hydrogen (secondary N) is 1. The molecule has 3 rings (SSSR count). The third-order valence-corrected chi connectivity index (χ3v) is 10.4. The van der Waals surface area contributed by atoms with Gasteiger partial charge in [-0.15, -0.1) is 22.7 Å². The van der Waals surface area contributed by atoms with Gasteiger partial charge >= 0.3 is 0 Å². The molecule has 0 amide bonds. The largest absolute Gasteiger partial charge is 0.311 e. The molecular weight excluding hydrogens is 374 g/mol. The second kappa shape index (κ2) is 6.64. The van der Waals surface area contributed by atoms with E-state index in [1.807, 2.05) is 17.5 Å². The van der Waals surface area contributed by atoms with E-state index in [-0.39, 0.29) is 15.7 Å². The molecule has 1 aliphatic rings. The van der Waals surface area contributed by atoms with Crippen LogP contribution in [0.1, 0.15) is 4.88 Å². The van der Waals surface area contributed by atoms with Gasteiger partial charge in [0.1, 0.15) is 4.21 Å². The van der Waals surface area contributed by atoms with Crippen LogP contribution in [0.5, 0.6) is 0 Å². The fourth-order valence-electron chi connectivity index (χ4n) is 2.72. The van der Waals surface area contributed by atoms with Crippen molar-refractivity contribution in [2.75, 3.05) is 18.1 Å². The van der Waals surface area contributed by atoms with Gasteiger partial charge < -0.3 is 5.32 Å².